The Morgan fingerprint density at radius 1 is 1.11 bits per heavy atom. The summed E-state index contributed by atoms with van der Waals surface area (Å²) in [5, 5.41) is 0. The summed E-state index contributed by atoms with van der Waals surface area (Å²) < 4.78 is 51.4. The number of alkyl halides is 2. The highest BCUT2D eigenvalue weighted by Gasteiger charge is 2.55. The molecule has 154 valence electrons. The van der Waals surface area contributed by atoms with Crippen LogP contribution in [-0.2, 0) is 18.8 Å². The van der Waals surface area contributed by atoms with E-state index in [2.05, 4.69) is 4.74 Å². The van der Waals surface area contributed by atoms with E-state index in [4.69, 9.17) is 14.0 Å². The van der Waals surface area contributed by atoms with Gasteiger partial charge in [0.1, 0.15) is 5.75 Å². The molecule has 5 nitrogen and oxygen atoms in total. The monoisotopic (exact) mass is 396 g/mol. The SMILES string of the molecule is CCOC(=O)C(F)(F)/C(C)=C(/B1OC(C)(C)C(C)(C)O1)c1ccc(OC)cc1. The highest BCUT2D eigenvalue weighted by atomic mass is 19.3. The minimum absolute atomic E-state index is 0.0966. The summed E-state index contributed by atoms with van der Waals surface area (Å²) >= 11 is 0. The van der Waals surface area contributed by atoms with Crippen molar-refractivity contribution in [2.75, 3.05) is 13.7 Å². The summed E-state index contributed by atoms with van der Waals surface area (Å²) in [5.74, 6) is -4.85. The molecule has 2 rings (SSSR count). The average molecular weight is 396 g/mol. The highest BCUT2D eigenvalue weighted by Crippen LogP contribution is 2.43. The Hall–Kier alpha value is -1.93. The summed E-state index contributed by atoms with van der Waals surface area (Å²) in [6, 6.07) is 6.56. The van der Waals surface area contributed by atoms with E-state index in [0.717, 1.165) is 0 Å². The number of esters is 1. The quantitative estimate of drug-likeness (QED) is 0.530. The number of ether oxygens (including phenoxy) is 2. The van der Waals surface area contributed by atoms with E-state index in [1.165, 1.54) is 21.0 Å². The van der Waals surface area contributed by atoms with Crippen LogP contribution in [0.3, 0.4) is 0 Å². The van der Waals surface area contributed by atoms with Crippen LogP contribution in [0.4, 0.5) is 8.78 Å². The molecule has 0 spiro atoms. The molecule has 28 heavy (non-hydrogen) atoms. The summed E-state index contributed by atoms with van der Waals surface area (Å²) in [7, 11) is 0.443. The summed E-state index contributed by atoms with van der Waals surface area (Å²) in [4.78, 5) is 11.9. The zero-order chi connectivity index (χ0) is 21.3. The summed E-state index contributed by atoms with van der Waals surface area (Å²) in [6.07, 6.45) is 0. The van der Waals surface area contributed by atoms with E-state index in [1.54, 1.807) is 24.3 Å². The van der Waals surface area contributed by atoms with Crippen molar-refractivity contribution in [3.8, 4) is 5.75 Å². The molecule has 0 aromatic heterocycles. The van der Waals surface area contributed by atoms with Gasteiger partial charge in [0.2, 0.25) is 0 Å². The smallest absolute Gasteiger partial charge is 0.495 e. The fourth-order valence-corrected chi connectivity index (χ4v) is 2.80. The standard InChI is InChI=1S/C20H27BF2O5/c1-8-26-17(24)20(22,23)13(2)16(14-9-11-15(25-7)12-10-14)21-27-18(3,4)19(5,6)28-21/h9-12H,8H2,1-7H3/b16-13+. The maximum Gasteiger partial charge on any atom is 0.495 e. The Balaban J connectivity index is 2.61. The molecule has 0 amide bonds. The van der Waals surface area contributed by atoms with Gasteiger partial charge in [-0.2, -0.15) is 8.78 Å². The molecule has 1 fully saturated rings. The predicted octanol–water partition coefficient (Wildman–Crippen LogP) is 4.30. The van der Waals surface area contributed by atoms with Crippen LogP contribution in [0.1, 0.15) is 47.1 Å². The van der Waals surface area contributed by atoms with Crippen LogP contribution >= 0.6 is 0 Å². The molecular weight excluding hydrogens is 369 g/mol. The van der Waals surface area contributed by atoms with Crippen LogP contribution in [0, 0.1) is 0 Å². The molecular formula is C20H27BF2O5. The summed E-state index contributed by atoms with van der Waals surface area (Å²) in [5.41, 5.74) is -1.39. The maximum atomic E-state index is 14.8. The number of methoxy groups -OCH3 is 1. The lowest BCUT2D eigenvalue weighted by molar-refractivity contribution is -0.165. The molecule has 0 aliphatic carbocycles. The van der Waals surface area contributed by atoms with Crippen LogP contribution < -0.4 is 4.74 Å². The van der Waals surface area contributed by atoms with E-state index in [-0.39, 0.29) is 12.1 Å². The van der Waals surface area contributed by atoms with Crippen LogP contribution in [-0.4, -0.2) is 43.9 Å². The van der Waals surface area contributed by atoms with Crippen LogP contribution in [0.5, 0.6) is 5.75 Å². The Morgan fingerprint density at radius 2 is 1.61 bits per heavy atom. The Kier molecular flexibility index (Phi) is 6.26. The molecule has 8 heteroatoms. The average Bonchev–Trinajstić information content (AvgIpc) is 2.83. The van der Waals surface area contributed by atoms with Crippen LogP contribution in [0.2, 0.25) is 0 Å². The first-order valence-corrected chi connectivity index (χ1v) is 9.13. The number of carbonyl (C=O) groups is 1. The van der Waals surface area contributed by atoms with Gasteiger partial charge >= 0.3 is 19.0 Å². The Labute approximate surface area is 165 Å². The van der Waals surface area contributed by atoms with Gasteiger partial charge in [0.25, 0.3) is 0 Å². The number of rotatable bonds is 6. The molecule has 0 unspecified atom stereocenters. The predicted molar refractivity (Wildman–Crippen MR) is 103 cm³/mol. The molecule has 1 aromatic carbocycles. The first-order chi connectivity index (χ1) is 12.9. The topological polar surface area (TPSA) is 54.0 Å². The molecule has 0 atom stereocenters. The van der Waals surface area contributed by atoms with E-state index >= 15 is 0 Å². The number of hydrogen-bond acceptors (Lipinski definition) is 5. The molecule has 0 saturated carbocycles. The lowest BCUT2D eigenvalue weighted by Crippen LogP contribution is -2.41. The Bertz CT molecular complexity index is 740. The van der Waals surface area contributed by atoms with Gasteiger partial charge in [-0.3, -0.25) is 0 Å². The second kappa shape index (κ2) is 7.83. The van der Waals surface area contributed by atoms with E-state index in [0.29, 0.717) is 11.3 Å². The Morgan fingerprint density at radius 3 is 2.04 bits per heavy atom. The summed E-state index contributed by atoms with van der Waals surface area (Å²) in [6.45, 7) is 9.85. The van der Waals surface area contributed by atoms with E-state index in [9.17, 15) is 13.6 Å². The highest BCUT2D eigenvalue weighted by molar-refractivity contribution is 6.69. The lowest BCUT2D eigenvalue weighted by Gasteiger charge is -2.32. The van der Waals surface area contributed by atoms with Crippen LogP contribution in [0.15, 0.2) is 29.8 Å². The molecule has 0 radical (unpaired) electrons. The molecule has 0 N–H and O–H groups in total. The van der Waals surface area contributed by atoms with Gasteiger partial charge in [0.15, 0.2) is 0 Å². The van der Waals surface area contributed by atoms with Gasteiger partial charge in [-0.1, -0.05) is 12.1 Å². The van der Waals surface area contributed by atoms with Crippen molar-refractivity contribution in [2.45, 2.75) is 58.7 Å². The van der Waals surface area contributed by atoms with Crippen molar-refractivity contribution in [3.05, 3.63) is 35.4 Å². The fourth-order valence-electron chi connectivity index (χ4n) is 2.80. The molecule has 1 aliphatic rings. The zero-order valence-electron chi connectivity index (χ0n) is 17.4. The van der Waals surface area contributed by atoms with Crippen LogP contribution in [0.25, 0.3) is 5.47 Å². The van der Waals surface area contributed by atoms with Gasteiger partial charge in [-0.25, -0.2) is 4.79 Å². The van der Waals surface area contributed by atoms with E-state index in [1.807, 2.05) is 27.7 Å². The van der Waals surface area contributed by atoms with Crippen molar-refractivity contribution in [3.63, 3.8) is 0 Å². The van der Waals surface area contributed by atoms with Gasteiger partial charge < -0.3 is 18.8 Å². The minimum atomic E-state index is -3.82. The van der Waals surface area contributed by atoms with Crippen molar-refractivity contribution >= 4 is 18.6 Å². The first-order valence-electron chi connectivity index (χ1n) is 9.13. The number of hydrogen-bond donors (Lipinski definition) is 0. The van der Waals surface area contributed by atoms with Crippen molar-refractivity contribution < 1.29 is 32.4 Å². The van der Waals surface area contributed by atoms with E-state index < -0.39 is 35.8 Å². The molecule has 1 heterocycles. The third-order valence-electron chi connectivity index (χ3n) is 5.30. The van der Waals surface area contributed by atoms with Crippen molar-refractivity contribution in [1.29, 1.82) is 0 Å². The number of benzene rings is 1. The number of halogens is 2. The molecule has 1 aliphatic heterocycles. The van der Waals surface area contributed by atoms with Crippen molar-refractivity contribution in [2.24, 2.45) is 0 Å². The lowest BCUT2D eigenvalue weighted by atomic mass is 9.70. The van der Waals surface area contributed by atoms with Gasteiger partial charge in [-0.05, 0) is 64.7 Å². The first kappa shape index (κ1) is 22.4. The molecule has 0 bridgehead atoms. The fraction of sp³-hybridized carbons (Fsp3) is 0.550. The minimum Gasteiger partial charge on any atom is -0.497 e. The van der Waals surface area contributed by atoms with Crippen molar-refractivity contribution in [1.82, 2.24) is 0 Å². The van der Waals surface area contributed by atoms with Gasteiger partial charge in [-0.15, -0.1) is 0 Å². The zero-order valence-corrected chi connectivity index (χ0v) is 17.4. The second-order valence-corrected chi connectivity index (χ2v) is 7.65. The maximum absolute atomic E-state index is 14.8. The normalized spacial score (nSPS) is 19.2. The third-order valence-corrected chi connectivity index (χ3v) is 5.30. The van der Waals surface area contributed by atoms with Gasteiger partial charge in [0.05, 0.1) is 24.9 Å². The van der Waals surface area contributed by atoms with Gasteiger partial charge in [0, 0.05) is 5.57 Å². The third kappa shape index (κ3) is 4.08. The molecule has 1 aromatic rings. The largest absolute Gasteiger partial charge is 0.497 e. The number of carbonyl (C=O) groups excluding carboxylic acids is 1. The second-order valence-electron chi connectivity index (χ2n) is 7.65. The molecule has 1 saturated heterocycles.